The minimum Gasteiger partial charge on any atom is -0.355 e. The van der Waals surface area contributed by atoms with Gasteiger partial charge in [0.1, 0.15) is 5.82 Å². The number of nitrogens with zero attached hydrogens (tertiary/aromatic N) is 2. The van der Waals surface area contributed by atoms with Gasteiger partial charge in [-0.2, -0.15) is 0 Å². The SMILES string of the molecule is CCNC(=O)CN1CCCN(C(=O)c2ccccc2C(=O)c2ccc(F)cc2)CC1. The lowest BCUT2D eigenvalue weighted by atomic mass is 9.97. The van der Waals surface area contributed by atoms with E-state index < -0.39 is 5.82 Å². The first-order chi connectivity index (χ1) is 14.5. The summed E-state index contributed by atoms with van der Waals surface area (Å²) in [6.45, 7) is 5.16. The smallest absolute Gasteiger partial charge is 0.254 e. The molecule has 1 fully saturated rings. The predicted octanol–water partition coefficient (Wildman–Crippen LogP) is 2.34. The van der Waals surface area contributed by atoms with E-state index in [0.717, 1.165) is 13.0 Å². The van der Waals surface area contributed by atoms with Gasteiger partial charge < -0.3 is 10.2 Å². The first-order valence-electron chi connectivity index (χ1n) is 10.2. The zero-order valence-electron chi connectivity index (χ0n) is 17.1. The lowest BCUT2D eigenvalue weighted by molar-refractivity contribution is -0.122. The molecule has 0 spiro atoms. The quantitative estimate of drug-likeness (QED) is 0.741. The monoisotopic (exact) mass is 411 g/mol. The minimum absolute atomic E-state index is 0.0208. The summed E-state index contributed by atoms with van der Waals surface area (Å²) in [7, 11) is 0. The van der Waals surface area contributed by atoms with Crippen LogP contribution >= 0.6 is 0 Å². The number of rotatable bonds is 6. The van der Waals surface area contributed by atoms with Crippen LogP contribution in [0.3, 0.4) is 0 Å². The zero-order chi connectivity index (χ0) is 21.5. The van der Waals surface area contributed by atoms with E-state index >= 15 is 0 Å². The van der Waals surface area contributed by atoms with Gasteiger partial charge in [-0.3, -0.25) is 19.3 Å². The molecule has 7 heteroatoms. The molecule has 3 rings (SSSR count). The molecule has 2 aromatic carbocycles. The highest BCUT2D eigenvalue weighted by Crippen LogP contribution is 2.18. The summed E-state index contributed by atoms with van der Waals surface area (Å²) in [6, 6.07) is 12.0. The standard InChI is InChI=1S/C23H26FN3O3/c1-2-25-21(28)16-26-12-5-13-27(15-14-26)23(30)20-7-4-3-6-19(20)22(29)17-8-10-18(24)11-9-17/h3-4,6-11H,2,5,12-16H2,1H3,(H,25,28). The van der Waals surface area contributed by atoms with Gasteiger partial charge in [0.15, 0.2) is 5.78 Å². The highest BCUT2D eigenvalue weighted by Gasteiger charge is 2.25. The summed E-state index contributed by atoms with van der Waals surface area (Å²) in [5.74, 6) is -0.960. The number of halogens is 1. The molecule has 1 heterocycles. The second-order valence-corrected chi connectivity index (χ2v) is 7.26. The molecule has 0 saturated carbocycles. The number of carbonyl (C=O) groups is 3. The van der Waals surface area contributed by atoms with Crippen molar-refractivity contribution in [1.29, 1.82) is 0 Å². The average molecular weight is 411 g/mol. The zero-order valence-corrected chi connectivity index (χ0v) is 17.1. The van der Waals surface area contributed by atoms with E-state index in [4.69, 9.17) is 0 Å². The molecule has 0 aliphatic carbocycles. The number of hydrogen-bond acceptors (Lipinski definition) is 4. The van der Waals surface area contributed by atoms with Gasteiger partial charge in [0.25, 0.3) is 5.91 Å². The molecule has 0 atom stereocenters. The maximum absolute atomic E-state index is 13.2. The summed E-state index contributed by atoms with van der Waals surface area (Å²) in [4.78, 5) is 41.7. The van der Waals surface area contributed by atoms with Gasteiger partial charge >= 0.3 is 0 Å². The van der Waals surface area contributed by atoms with Gasteiger partial charge in [-0.05, 0) is 43.7 Å². The topological polar surface area (TPSA) is 69.7 Å². The van der Waals surface area contributed by atoms with Crippen molar-refractivity contribution in [3.63, 3.8) is 0 Å². The average Bonchev–Trinajstić information content (AvgIpc) is 2.99. The maximum Gasteiger partial charge on any atom is 0.254 e. The molecule has 0 unspecified atom stereocenters. The Labute approximate surface area is 175 Å². The van der Waals surface area contributed by atoms with Gasteiger partial charge in [-0.15, -0.1) is 0 Å². The molecular formula is C23H26FN3O3. The lowest BCUT2D eigenvalue weighted by Gasteiger charge is -2.22. The third kappa shape index (κ3) is 5.30. The van der Waals surface area contributed by atoms with Crippen molar-refractivity contribution in [1.82, 2.24) is 15.1 Å². The minimum atomic E-state index is -0.419. The molecule has 2 amide bonds. The number of ketones is 1. The Balaban J connectivity index is 1.73. The maximum atomic E-state index is 13.2. The summed E-state index contributed by atoms with van der Waals surface area (Å²) >= 11 is 0. The van der Waals surface area contributed by atoms with Crippen molar-refractivity contribution in [3.05, 3.63) is 71.0 Å². The van der Waals surface area contributed by atoms with Gasteiger partial charge in [0, 0.05) is 43.9 Å². The highest BCUT2D eigenvalue weighted by atomic mass is 19.1. The van der Waals surface area contributed by atoms with Crippen molar-refractivity contribution in [2.45, 2.75) is 13.3 Å². The molecule has 0 radical (unpaired) electrons. The van der Waals surface area contributed by atoms with Crippen LogP contribution in [0.5, 0.6) is 0 Å². The molecule has 0 aromatic heterocycles. The number of amides is 2. The van der Waals surface area contributed by atoms with Gasteiger partial charge in [0.05, 0.1) is 12.1 Å². The van der Waals surface area contributed by atoms with Gasteiger partial charge in [-0.1, -0.05) is 18.2 Å². The van der Waals surface area contributed by atoms with E-state index in [1.165, 1.54) is 24.3 Å². The normalized spacial score (nSPS) is 14.8. The first-order valence-corrected chi connectivity index (χ1v) is 10.2. The van der Waals surface area contributed by atoms with E-state index in [1.54, 1.807) is 29.2 Å². The van der Waals surface area contributed by atoms with Crippen LogP contribution in [-0.2, 0) is 4.79 Å². The second-order valence-electron chi connectivity index (χ2n) is 7.26. The summed E-state index contributed by atoms with van der Waals surface area (Å²) in [6.07, 6.45) is 0.749. The fraction of sp³-hybridized carbons (Fsp3) is 0.348. The summed E-state index contributed by atoms with van der Waals surface area (Å²) < 4.78 is 13.2. The summed E-state index contributed by atoms with van der Waals surface area (Å²) in [5, 5.41) is 2.79. The van der Waals surface area contributed by atoms with E-state index in [1.807, 2.05) is 11.8 Å². The van der Waals surface area contributed by atoms with Crippen LogP contribution < -0.4 is 5.32 Å². The third-order valence-corrected chi connectivity index (χ3v) is 5.13. The van der Waals surface area contributed by atoms with Crippen LogP contribution in [0, 0.1) is 5.82 Å². The van der Waals surface area contributed by atoms with Crippen molar-refractivity contribution < 1.29 is 18.8 Å². The third-order valence-electron chi connectivity index (χ3n) is 5.13. The Morgan fingerprint density at radius 2 is 1.63 bits per heavy atom. The van der Waals surface area contributed by atoms with Gasteiger partial charge in [-0.25, -0.2) is 4.39 Å². The number of nitrogens with one attached hydrogen (secondary N) is 1. The summed E-state index contributed by atoms with van der Waals surface area (Å²) in [5.41, 5.74) is 0.974. The Kier molecular flexibility index (Phi) is 7.30. The van der Waals surface area contributed by atoms with Crippen LogP contribution in [0.4, 0.5) is 4.39 Å². The molecule has 30 heavy (non-hydrogen) atoms. The molecular weight excluding hydrogens is 385 g/mol. The number of carbonyl (C=O) groups excluding carboxylic acids is 3. The molecule has 1 N–H and O–H groups in total. The molecule has 158 valence electrons. The van der Waals surface area contributed by atoms with E-state index in [0.29, 0.717) is 49.4 Å². The van der Waals surface area contributed by atoms with Crippen LogP contribution in [0.15, 0.2) is 48.5 Å². The number of hydrogen-bond donors (Lipinski definition) is 1. The molecule has 2 aromatic rings. The Hall–Kier alpha value is -3.06. The fourth-order valence-corrected chi connectivity index (χ4v) is 3.58. The lowest BCUT2D eigenvalue weighted by Crippen LogP contribution is -2.40. The highest BCUT2D eigenvalue weighted by molar-refractivity contribution is 6.15. The van der Waals surface area contributed by atoms with Crippen LogP contribution in [0.2, 0.25) is 0 Å². The largest absolute Gasteiger partial charge is 0.355 e. The second kappa shape index (κ2) is 10.1. The first kappa shape index (κ1) is 21.6. The van der Waals surface area contributed by atoms with Crippen LogP contribution in [-0.4, -0.2) is 66.7 Å². The van der Waals surface area contributed by atoms with Crippen molar-refractivity contribution in [2.24, 2.45) is 0 Å². The van der Waals surface area contributed by atoms with E-state index in [2.05, 4.69) is 5.32 Å². The Bertz CT molecular complexity index is 914. The number of likely N-dealkylation sites (N-methyl/N-ethyl adjacent to an activating group) is 1. The molecule has 1 aliphatic rings. The molecule has 0 bridgehead atoms. The Morgan fingerprint density at radius 1 is 0.933 bits per heavy atom. The fourth-order valence-electron chi connectivity index (χ4n) is 3.58. The number of benzene rings is 2. The van der Waals surface area contributed by atoms with Gasteiger partial charge in [0.2, 0.25) is 5.91 Å². The Morgan fingerprint density at radius 3 is 2.33 bits per heavy atom. The molecule has 1 aliphatic heterocycles. The van der Waals surface area contributed by atoms with E-state index in [9.17, 15) is 18.8 Å². The van der Waals surface area contributed by atoms with Crippen molar-refractivity contribution in [2.75, 3.05) is 39.3 Å². The molecule has 6 nitrogen and oxygen atoms in total. The van der Waals surface area contributed by atoms with Crippen LogP contribution in [0.25, 0.3) is 0 Å². The van der Waals surface area contributed by atoms with Crippen molar-refractivity contribution >= 4 is 17.6 Å². The molecule has 1 saturated heterocycles. The predicted molar refractivity (Wildman–Crippen MR) is 112 cm³/mol. The van der Waals surface area contributed by atoms with Crippen molar-refractivity contribution in [3.8, 4) is 0 Å². The van der Waals surface area contributed by atoms with E-state index in [-0.39, 0.29) is 17.6 Å². The van der Waals surface area contributed by atoms with Crippen LogP contribution in [0.1, 0.15) is 39.6 Å².